The van der Waals surface area contributed by atoms with E-state index in [0.717, 1.165) is 26.0 Å². The van der Waals surface area contributed by atoms with Crippen molar-refractivity contribution in [2.24, 2.45) is 0 Å². The molecule has 7 heteroatoms. The van der Waals surface area contributed by atoms with Crippen LogP contribution in [0.2, 0.25) is 0 Å². The maximum absolute atomic E-state index is 5.60. The topological polar surface area (TPSA) is 77.5 Å². The Hall–Kier alpha value is -1.60. The molecule has 2 N–H and O–H groups in total. The second-order valence-electron chi connectivity index (χ2n) is 5.07. The molecule has 0 amide bonds. The van der Waals surface area contributed by atoms with Crippen LogP contribution < -0.4 is 15.4 Å². The van der Waals surface area contributed by atoms with Crippen molar-refractivity contribution < 1.29 is 14.2 Å². The van der Waals surface area contributed by atoms with Gasteiger partial charge in [-0.3, -0.25) is 0 Å². The number of aromatic nitrogens is 2. The Bertz CT molecular complexity index is 450. The van der Waals surface area contributed by atoms with E-state index in [0.29, 0.717) is 30.5 Å². The number of nitrogens with zero attached hydrogens (tertiary/aromatic N) is 2. The highest BCUT2D eigenvalue weighted by Gasteiger charge is 2.35. The molecule has 1 saturated heterocycles. The molecular weight excluding hydrogens is 272 g/mol. The highest BCUT2D eigenvalue weighted by Crippen LogP contribution is 2.30. The number of hydrogen-bond acceptors (Lipinski definition) is 7. The Balaban J connectivity index is 2.08. The second kappa shape index (κ2) is 7.42. The van der Waals surface area contributed by atoms with E-state index in [1.54, 1.807) is 14.2 Å². The zero-order valence-corrected chi connectivity index (χ0v) is 12.9. The minimum Gasteiger partial charge on any atom is -0.490 e. The van der Waals surface area contributed by atoms with Gasteiger partial charge in [-0.25, -0.2) is 9.97 Å². The Labute approximate surface area is 125 Å². The molecule has 1 aromatic rings. The number of hydrogen-bond donors (Lipinski definition) is 2. The predicted molar refractivity (Wildman–Crippen MR) is 81.0 cm³/mol. The van der Waals surface area contributed by atoms with E-state index in [1.165, 1.54) is 6.33 Å². The summed E-state index contributed by atoms with van der Waals surface area (Å²) < 4.78 is 16.5. The summed E-state index contributed by atoms with van der Waals surface area (Å²) in [5.41, 5.74) is -0.299. The minimum absolute atomic E-state index is 0.299. The van der Waals surface area contributed by atoms with Crippen LogP contribution in [-0.4, -0.2) is 56.1 Å². The molecule has 0 radical (unpaired) electrons. The SMILES string of the molecule is CCCNc1ncnc(NCC2(OC)CCOC2)c1OC. The first-order valence-electron chi connectivity index (χ1n) is 7.24. The van der Waals surface area contributed by atoms with Gasteiger partial charge in [0, 0.05) is 33.2 Å². The Morgan fingerprint density at radius 2 is 2.05 bits per heavy atom. The van der Waals surface area contributed by atoms with Crippen LogP contribution in [0.1, 0.15) is 19.8 Å². The van der Waals surface area contributed by atoms with Gasteiger partial charge < -0.3 is 24.8 Å². The molecule has 0 aromatic carbocycles. The third kappa shape index (κ3) is 3.74. The predicted octanol–water partition coefficient (Wildman–Crippen LogP) is 1.52. The van der Waals surface area contributed by atoms with E-state index in [9.17, 15) is 0 Å². The number of nitrogens with one attached hydrogen (secondary N) is 2. The average molecular weight is 296 g/mol. The number of anilines is 2. The summed E-state index contributed by atoms with van der Waals surface area (Å²) in [6.07, 6.45) is 3.40. The average Bonchev–Trinajstić information content (AvgIpc) is 3.00. The number of methoxy groups -OCH3 is 2. The Morgan fingerprint density at radius 1 is 1.29 bits per heavy atom. The molecule has 0 spiro atoms. The second-order valence-corrected chi connectivity index (χ2v) is 5.07. The third-order valence-corrected chi connectivity index (χ3v) is 3.63. The normalized spacial score (nSPS) is 21.3. The maximum Gasteiger partial charge on any atom is 0.204 e. The van der Waals surface area contributed by atoms with Gasteiger partial charge in [-0.1, -0.05) is 6.92 Å². The molecule has 118 valence electrons. The molecule has 1 unspecified atom stereocenters. The molecule has 1 atom stereocenters. The summed E-state index contributed by atoms with van der Waals surface area (Å²) in [5, 5.41) is 6.53. The van der Waals surface area contributed by atoms with Crippen molar-refractivity contribution in [1.82, 2.24) is 9.97 Å². The van der Waals surface area contributed by atoms with E-state index in [4.69, 9.17) is 14.2 Å². The maximum atomic E-state index is 5.60. The molecule has 7 nitrogen and oxygen atoms in total. The summed E-state index contributed by atoms with van der Waals surface area (Å²) >= 11 is 0. The fraction of sp³-hybridized carbons (Fsp3) is 0.714. The van der Waals surface area contributed by atoms with E-state index >= 15 is 0 Å². The zero-order valence-electron chi connectivity index (χ0n) is 12.9. The highest BCUT2D eigenvalue weighted by molar-refractivity contribution is 5.63. The molecule has 1 aliphatic rings. The Morgan fingerprint density at radius 3 is 2.62 bits per heavy atom. The first-order valence-corrected chi connectivity index (χ1v) is 7.24. The van der Waals surface area contributed by atoms with Crippen molar-refractivity contribution in [2.45, 2.75) is 25.4 Å². The van der Waals surface area contributed by atoms with Crippen LogP contribution >= 0.6 is 0 Å². The van der Waals surface area contributed by atoms with Gasteiger partial charge in [-0.15, -0.1) is 0 Å². The lowest BCUT2D eigenvalue weighted by Crippen LogP contribution is -2.39. The molecule has 21 heavy (non-hydrogen) atoms. The molecule has 0 bridgehead atoms. The van der Waals surface area contributed by atoms with Gasteiger partial charge in [-0.05, 0) is 6.42 Å². The Kier molecular flexibility index (Phi) is 5.58. The van der Waals surface area contributed by atoms with Crippen LogP contribution in [0.25, 0.3) is 0 Å². The van der Waals surface area contributed by atoms with Crippen LogP contribution in [0.4, 0.5) is 11.6 Å². The fourth-order valence-electron chi connectivity index (χ4n) is 2.27. The van der Waals surface area contributed by atoms with Gasteiger partial charge in [0.1, 0.15) is 11.9 Å². The highest BCUT2D eigenvalue weighted by atomic mass is 16.5. The molecule has 1 aromatic heterocycles. The van der Waals surface area contributed by atoms with Crippen molar-refractivity contribution in [2.75, 3.05) is 51.2 Å². The van der Waals surface area contributed by atoms with E-state index in [1.807, 2.05) is 0 Å². The molecule has 1 fully saturated rings. The summed E-state index contributed by atoms with van der Waals surface area (Å²) in [5.74, 6) is 1.98. The lowest BCUT2D eigenvalue weighted by Gasteiger charge is -2.26. The molecular formula is C14H24N4O3. The van der Waals surface area contributed by atoms with Gasteiger partial charge in [0.25, 0.3) is 0 Å². The van der Waals surface area contributed by atoms with Gasteiger partial charge >= 0.3 is 0 Å². The zero-order chi connectivity index (χ0) is 15.1. The first kappa shape index (κ1) is 15.8. The fourth-order valence-corrected chi connectivity index (χ4v) is 2.27. The van der Waals surface area contributed by atoms with Gasteiger partial charge in [-0.2, -0.15) is 0 Å². The van der Waals surface area contributed by atoms with Gasteiger partial charge in [0.15, 0.2) is 11.6 Å². The van der Waals surface area contributed by atoms with E-state index in [2.05, 4.69) is 27.5 Å². The number of rotatable bonds is 8. The van der Waals surface area contributed by atoms with Crippen molar-refractivity contribution in [3.63, 3.8) is 0 Å². The molecule has 2 heterocycles. The first-order chi connectivity index (χ1) is 10.2. The molecule has 0 saturated carbocycles. The van der Waals surface area contributed by atoms with Crippen molar-refractivity contribution in [3.8, 4) is 5.75 Å². The molecule has 0 aliphatic carbocycles. The van der Waals surface area contributed by atoms with Crippen LogP contribution in [0.3, 0.4) is 0 Å². The van der Waals surface area contributed by atoms with Crippen molar-refractivity contribution in [1.29, 1.82) is 0 Å². The van der Waals surface area contributed by atoms with Crippen LogP contribution in [-0.2, 0) is 9.47 Å². The summed E-state index contributed by atoms with van der Waals surface area (Å²) in [6.45, 7) is 4.86. The third-order valence-electron chi connectivity index (χ3n) is 3.63. The van der Waals surface area contributed by atoms with E-state index < -0.39 is 0 Å². The largest absolute Gasteiger partial charge is 0.490 e. The summed E-state index contributed by atoms with van der Waals surface area (Å²) in [7, 11) is 3.33. The standard InChI is InChI=1S/C14H24N4O3/c1-4-6-15-12-11(19-2)13(18-10-17-12)16-8-14(20-3)5-7-21-9-14/h10H,4-9H2,1-3H3,(H2,15,16,17,18). The quantitative estimate of drug-likeness (QED) is 0.753. The minimum atomic E-state index is -0.299. The van der Waals surface area contributed by atoms with Gasteiger partial charge in [0.05, 0.1) is 13.7 Å². The van der Waals surface area contributed by atoms with Crippen LogP contribution in [0.5, 0.6) is 5.75 Å². The van der Waals surface area contributed by atoms with Crippen LogP contribution in [0, 0.1) is 0 Å². The summed E-state index contributed by atoms with van der Waals surface area (Å²) in [6, 6.07) is 0. The monoisotopic (exact) mass is 296 g/mol. The number of ether oxygens (including phenoxy) is 3. The molecule has 1 aliphatic heterocycles. The van der Waals surface area contributed by atoms with Gasteiger partial charge in [0.2, 0.25) is 5.75 Å². The molecule has 2 rings (SSSR count). The lowest BCUT2D eigenvalue weighted by atomic mass is 10.0. The van der Waals surface area contributed by atoms with E-state index in [-0.39, 0.29) is 5.60 Å². The smallest absolute Gasteiger partial charge is 0.204 e. The lowest BCUT2D eigenvalue weighted by molar-refractivity contribution is -0.00628. The van der Waals surface area contributed by atoms with Crippen LogP contribution in [0.15, 0.2) is 6.33 Å². The summed E-state index contributed by atoms with van der Waals surface area (Å²) in [4.78, 5) is 8.48. The van der Waals surface area contributed by atoms with Crippen molar-refractivity contribution >= 4 is 11.6 Å². The van der Waals surface area contributed by atoms with Crippen molar-refractivity contribution in [3.05, 3.63) is 6.33 Å².